The Morgan fingerprint density at radius 2 is 1.60 bits per heavy atom. The number of aryl methyl sites for hydroxylation is 3. The lowest BCUT2D eigenvalue weighted by Gasteiger charge is -2.23. The number of rotatable bonds is 7. The van der Waals surface area contributed by atoms with Gasteiger partial charge in [-0.1, -0.05) is 55.8 Å². The molecule has 0 aliphatic heterocycles. The van der Waals surface area contributed by atoms with Crippen LogP contribution in [-0.4, -0.2) is 12.0 Å². The number of ether oxygens (including phenoxy) is 1. The Bertz CT molecular complexity index is 706. The van der Waals surface area contributed by atoms with Crippen molar-refractivity contribution in [1.82, 2.24) is 5.32 Å². The van der Waals surface area contributed by atoms with E-state index in [1.165, 1.54) is 5.56 Å². The Morgan fingerprint density at radius 1 is 0.960 bits per heavy atom. The van der Waals surface area contributed by atoms with Crippen molar-refractivity contribution in [2.24, 2.45) is 0 Å². The van der Waals surface area contributed by atoms with Crippen molar-refractivity contribution in [2.45, 2.75) is 59.6 Å². The summed E-state index contributed by atoms with van der Waals surface area (Å²) in [6.45, 7) is 10.1. The molecular weight excluding hydrogens is 310 g/mol. The van der Waals surface area contributed by atoms with Gasteiger partial charge in [0.25, 0.3) is 5.91 Å². The predicted octanol–water partition coefficient (Wildman–Crippen LogP) is 5.04. The van der Waals surface area contributed by atoms with Crippen molar-refractivity contribution < 1.29 is 9.53 Å². The first-order valence-electron chi connectivity index (χ1n) is 9.05. The van der Waals surface area contributed by atoms with Crippen LogP contribution in [0.25, 0.3) is 0 Å². The summed E-state index contributed by atoms with van der Waals surface area (Å²) in [6, 6.07) is 14.4. The third-order valence-electron chi connectivity index (χ3n) is 4.48. The topological polar surface area (TPSA) is 38.3 Å². The lowest BCUT2D eigenvalue weighted by atomic mass is 10.0. The molecule has 2 aromatic carbocycles. The van der Waals surface area contributed by atoms with Crippen LogP contribution < -0.4 is 10.1 Å². The van der Waals surface area contributed by atoms with Crippen molar-refractivity contribution >= 4 is 5.91 Å². The van der Waals surface area contributed by atoms with Crippen LogP contribution in [0.3, 0.4) is 0 Å². The summed E-state index contributed by atoms with van der Waals surface area (Å²) in [5.74, 6) is 0.723. The molecule has 0 saturated heterocycles. The fraction of sp³-hybridized carbons (Fsp3) is 0.409. The zero-order chi connectivity index (χ0) is 18.4. The summed E-state index contributed by atoms with van der Waals surface area (Å²) in [5.41, 5.74) is 4.52. The smallest absolute Gasteiger partial charge is 0.261 e. The van der Waals surface area contributed by atoms with Gasteiger partial charge in [0.1, 0.15) is 5.75 Å². The number of nitrogens with one attached hydrogen (secondary N) is 1. The summed E-state index contributed by atoms with van der Waals surface area (Å²) in [4.78, 5) is 12.7. The van der Waals surface area contributed by atoms with E-state index in [4.69, 9.17) is 4.74 Å². The molecule has 0 aliphatic rings. The molecule has 3 nitrogen and oxygen atoms in total. The molecule has 25 heavy (non-hydrogen) atoms. The molecule has 2 aromatic rings. The normalized spacial score (nSPS) is 13.2. The van der Waals surface area contributed by atoms with Gasteiger partial charge in [0.05, 0.1) is 6.04 Å². The van der Waals surface area contributed by atoms with Crippen LogP contribution in [0.15, 0.2) is 42.5 Å². The monoisotopic (exact) mass is 339 g/mol. The van der Waals surface area contributed by atoms with Gasteiger partial charge in [0.2, 0.25) is 0 Å². The molecule has 2 atom stereocenters. The zero-order valence-electron chi connectivity index (χ0n) is 15.9. The Labute approximate surface area is 151 Å². The molecule has 1 amide bonds. The maximum atomic E-state index is 12.7. The summed E-state index contributed by atoms with van der Waals surface area (Å²) in [6.07, 6.45) is 0.984. The van der Waals surface area contributed by atoms with Gasteiger partial charge in [-0.3, -0.25) is 4.79 Å². The predicted molar refractivity (Wildman–Crippen MR) is 103 cm³/mol. The van der Waals surface area contributed by atoms with Gasteiger partial charge in [-0.05, 0) is 56.4 Å². The molecule has 0 fully saturated rings. The number of hydrogen-bond acceptors (Lipinski definition) is 2. The van der Waals surface area contributed by atoms with Gasteiger partial charge < -0.3 is 10.1 Å². The van der Waals surface area contributed by atoms with Gasteiger partial charge in [-0.2, -0.15) is 0 Å². The number of amides is 1. The quantitative estimate of drug-likeness (QED) is 0.768. The molecule has 0 radical (unpaired) electrons. The molecule has 2 rings (SSSR count). The highest BCUT2D eigenvalue weighted by Gasteiger charge is 2.22. The molecule has 0 heterocycles. The van der Waals surface area contributed by atoms with E-state index in [9.17, 15) is 4.79 Å². The third-order valence-corrected chi connectivity index (χ3v) is 4.48. The van der Waals surface area contributed by atoms with E-state index in [0.29, 0.717) is 6.42 Å². The minimum absolute atomic E-state index is 0.00403. The number of benzene rings is 2. The second kappa shape index (κ2) is 8.70. The number of carbonyl (C=O) groups is 1. The Morgan fingerprint density at radius 3 is 2.20 bits per heavy atom. The molecule has 0 bridgehead atoms. The summed E-state index contributed by atoms with van der Waals surface area (Å²) >= 11 is 0. The van der Waals surface area contributed by atoms with Crippen LogP contribution in [0, 0.1) is 20.8 Å². The number of hydrogen-bond donors (Lipinski definition) is 1. The highest BCUT2D eigenvalue weighted by molar-refractivity contribution is 5.81. The summed E-state index contributed by atoms with van der Waals surface area (Å²) in [7, 11) is 0. The van der Waals surface area contributed by atoms with E-state index in [-0.39, 0.29) is 11.9 Å². The molecular formula is C22H29NO2. The Hall–Kier alpha value is -2.29. The van der Waals surface area contributed by atoms with Gasteiger partial charge >= 0.3 is 0 Å². The van der Waals surface area contributed by atoms with Crippen molar-refractivity contribution in [3.63, 3.8) is 0 Å². The lowest BCUT2D eigenvalue weighted by molar-refractivity contribution is -0.129. The van der Waals surface area contributed by atoms with E-state index in [2.05, 4.69) is 43.4 Å². The third kappa shape index (κ3) is 5.09. The summed E-state index contributed by atoms with van der Waals surface area (Å²) < 4.78 is 6.03. The van der Waals surface area contributed by atoms with E-state index >= 15 is 0 Å². The van der Waals surface area contributed by atoms with Gasteiger partial charge in [0.15, 0.2) is 6.10 Å². The first-order valence-corrected chi connectivity index (χ1v) is 9.05. The second-order valence-corrected chi connectivity index (χ2v) is 6.66. The fourth-order valence-electron chi connectivity index (χ4n) is 2.79. The second-order valence-electron chi connectivity index (χ2n) is 6.66. The van der Waals surface area contributed by atoms with Gasteiger partial charge in [0, 0.05) is 0 Å². The minimum Gasteiger partial charge on any atom is -0.480 e. The standard InChI is InChI=1S/C22H29NO2/c1-6-19(18-12-9-15(3)10-13-18)23-22(24)20(7-2)25-21-14-16(4)8-11-17(21)5/h8-14,19-20H,6-7H2,1-5H3,(H,23,24)/t19-,20+/m0/s1. The average Bonchev–Trinajstić information content (AvgIpc) is 2.61. The highest BCUT2D eigenvalue weighted by atomic mass is 16.5. The van der Waals surface area contributed by atoms with Crippen molar-refractivity contribution in [1.29, 1.82) is 0 Å². The maximum Gasteiger partial charge on any atom is 0.261 e. The van der Waals surface area contributed by atoms with E-state index < -0.39 is 6.10 Å². The summed E-state index contributed by atoms with van der Waals surface area (Å²) in [5, 5.41) is 3.14. The van der Waals surface area contributed by atoms with E-state index in [0.717, 1.165) is 28.9 Å². The molecule has 3 heteroatoms. The molecule has 0 unspecified atom stereocenters. The van der Waals surface area contributed by atoms with Crippen molar-refractivity contribution in [3.8, 4) is 5.75 Å². The molecule has 0 aliphatic carbocycles. The van der Waals surface area contributed by atoms with Crippen LogP contribution in [0.5, 0.6) is 5.75 Å². The maximum absolute atomic E-state index is 12.7. The largest absolute Gasteiger partial charge is 0.480 e. The first kappa shape index (κ1) is 19.0. The SMILES string of the molecule is CC[C@H](NC(=O)[C@@H](CC)Oc1cc(C)ccc1C)c1ccc(C)cc1. The Kier molecular flexibility index (Phi) is 6.63. The molecule has 0 aromatic heterocycles. The van der Waals surface area contributed by atoms with E-state index in [1.54, 1.807) is 0 Å². The van der Waals surface area contributed by atoms with Crippen LogP contribution in [-0.2, 0) is 4.79 Å². The van der Waals surface area contributed by atoms with Crippen molar-refractivity contribution in [2.75, 3.05) is 0 Å². The Balaban J connectivity index is 2.10. The van der Waals surface area contributed by atoms with Gasteiger partial charge in [-0.25, -0.2) is 0 Å². The van der Waals surface area contributed by atoms with Gasteiger partial charge in [-0.15, -0.1) is 0 Å². The average molecular weight is 339 g/mol. The van der Waals surface area contributed by atoms with Crippen LogP contribution in [0.4, 0.5) is 0 Å². The molecule has 0 spiro atoms. The minimum atomic E-state index is -0.486. The fourth-order valence-corrected chi connectivity index (χ4v) is 2.79. The molecule has 134 valence electrons. The highest BCUT2D eigenvalue weighted by Crippen LogP contribution is 2.22. The molecule has 1 N–H and O–H groups in total. The number of carbonyl (C=O) groups excluding carboxylic acids is 1. The lowest BCUT2D eigenvalue weighted by Crippen LogP contribution is -2.40. The van der Waals surface area contributed by atoms with Crippen LogP contribution in [0.1, 0.15) is 55.0 Å². The van der Waals surface area contributed by atoms with Crippen LogP contribution in [0.2, 0.25) is 0 Å². The molecule has 0 saturated carbocycles. The van der Waals surface area contributed by atoms with Crippen molar-refractivity contribution in [3.05, 3.63) is 64.7 Å². The van der Waals surface area contributed by atoms with E-state index in [1.807, 2.05) is 39.0 Å². The van der Waals surface area contributed by atoms with Crippen LogP contribution >= 0.6 is 0 Å². The zero-order valence-corrected chi connectivity index (χ0v) is 15.9. The first-order chi connectivity index (χ1) is 11.9.